The standard InChI is InChI=1S/C23H21ClN4O3S/c1-31-18-11-9-16(10-12-18)13-14-25-22-23(27-21-8-3-2-7-20(21)26-22)28-32(29,30)19-6-4-5-17(24)15-19/h2-12,15H,13-14H2,1H3,(H,25,26)(H,27,28). The maximum absolute atomic E-state index is 12.9. The zero-order valence-corrected chi connectivity index (χ0v) is 18.8. The highest BCUT2D eigenvalue weighted by atomic mass is 35.5. The van der Waals surface area contributed by atoms with Crippen molar-refractivity contribution in [2.45, 2.75) is 11.3 Å². The van der Waals surface area contributed by atoms with Gasteiger partial charge in [0, 0.05) is 11.6 Å². The van der Waals surface area contributed by atoms with Crippen molar-refractivity contribution in [1.82, 2.24) is 9.97 Å². The van der Waals surface area contributed by atoms with Gasteiger partial charge in [-0.1, -0.05) is 41.9 Å². The number of anilines is 2. The Morgan fingerprint density at radius 3 is 2.25 bits per heavy atom. The molecule has 164 valence electrons. The van der Waals surface area contributed by atoms with Gasteiger partial charge in [-0.15, -0.1) is 0 Å². The van der Waals surface area contributed by atoms with Crippen molar-refractivity contribution >= 4 is 44.3 Å². The van der Waals surface area contributed by atoms with E-state index in [-0.39, 0.29) is 10.7 Å². The van der Waals surface area contributed by atoms with E-state index in [1.807, 2.05) is 42.5 Å². The third-order valence-electron chi connectivity index (χ3n) is 4.77. The van der Waals surface area contributed by atoms with E-state index in [1.54, 1.807) is 25.3 Å². The Hall–Kier alpha value is -3.36. The van der Waals surface area contributed by atoms with E-state index in [0.29, 0.717) is 34.8 Å². The number of sulfonamides is 1. The van der Waals surface area contributed by atoms with Crippen LogP contribution in [0.4, 0.5) is 11.6 Å². The zero-order valence-electron chi connectivity index (χ0n) is 17.2. The van der Waals surface area contributed by atoms with Crippen molar-refractivity contribution in [1.29, 1.82) is 0 Å². The Labute approximate surface area is 191 Å². The van der Waals surface area contributed by atoms with Crippen molar-refractivity contribution < 1.29 is 13.2 Å². The lowest BCUT2D eigenvalue weighted by molar-refractivity contribution is 0.414. The van der Waals surface area contributed by atoms with Crippen LogP contribution in [0.25, 0.3) is 11.0 Å². The molecule has 9 heteroatoms. The Balaban J connectivity index is 1.59. The first-order chi connectivity index (χ1) is 15.4. The molecule has 0 saturated carbocycles. The number of hydrogen-bond acceptors (Lipinski definition) is 6. The van der Waals surface area contributed by atoms with E-state index in [4.69, 9.17) is 16.3 Å². The first-order valence-electron chi connectivity index (χ1n) is 9.86. The number of halogens is 1. The molecule has 0 aliphatic heterocycles. The molecule has 0 amide bonds. The molecule has 0 bridgehead atoms. The number of aromatic nitrogens is 2. The fourth-order valence-corrected chi connectivity index (χ4v) is 4.44. The van der Waals surface area contributed by atoms with Crippen LogP contribution >= 0.6 is 11.6 Å². The van der Waals surface area contributed by atoms with Crippen LogP contribution in [0.1, 0.15) is 5.56 Å². The number of para-hydroxylation sites is 2. The lowest BCUT2D eigenvalue weighted by Gasteiger charge is -2.14. The summed E-state index contributed by atoms with van der Waals surface area (Å²) in [7, 11) is -2.28. The molecule has 4 rings (SSSR count). The van der Waals surface area contributed by atoms with Crippen molar-refractivity contribution in [2.24, 2.45) is 0 Å². The molecular formula is C23H21ClN4O3S. The summed E-state index contributed by atoms with van der Waals surface area (Å²) in [6.07, 6.45) is 0.707. The molecular weight excluding hydrogens is 448 g/mol. The second-order valence-electron chi connectivity index (χ2n) is 7.00. The maximum atomic E-state index is 12.9. The molecule has 3 aromatic carbocycles. The van der Waals surface area contributed by atoms with Gasteiger partial charge in [0.05, 0.1) is 23.0 Å². The van der Waals surface area contributed by atoms with E-state index >= 15 is 0 Å². The van der Waals surface area contributed by atoms with E-state index in [9.17, 15) is 8.42 Å². The van der Waals surface area contributed by atoms with Gasteiger partial charge >= 0.3 is 0 Å². The Morgan fingerprint density at radius 2 is 1.59 bits per heavy atom. The second-order valence-corrected chi connectivity index (χ2v) is 9.12. The van der Waals surface area contributed by atoms with E-state index in [0.717, 1.165) is 11.3 Å². The highest BCUT2D eigenvalue weighted by molar-refractivity contribution is 7.92. The van der Waals surface area contributed by atoms with Crippen molar-refractivity contribution in [2.75, 3.05) is 23.7 Å². The first-order valence-corrected chi connectivity index (χ1v) is 11.7. The van der Waals surface area contributed by atoms with Crippen LogP contribution in [0, 0.1) is 0 Å². The minimum absolute atomic E-state index is 0.0455. The lowest BCUT2D eigenvalue weighted by atomic mass is 10.1. The Morgan fingerprint density at radius 1 is 0.906 bits per heavy atom. The van der Waals surface area contributed by atoms with Gasteiger partial charge in [0.1, 0.15) is 5.75 Å². The average Bonchev–Trinajstić information content (AvgIpc) is 2.79. The van der Waals surface area contributed by atoms with Crippen LogP contribution in [-0.4, -0.2) is 32.0 Å². The van der Waals surface area contributed by atoms with Gasteiger partial charge in [-0.2, -0.15) is 0 Å². The highest BCUT2D eigenvalue weighted by Crippen LogP contribution is 2.25. The summed E-state index contributed by atoms with van der Waals surface area (Å²) in [5.41, 5.74) is 2.34. The van der Waals surface area contributed by atoms with Gasteiger partial charge in [-0.05, 0) is 54.4 Å². The summed E-state index contributed by atoms with van der Waals surface area (Å²) in [5.74, 6) is 1.26. The molecule has 0 fully saturated rings. The second kappa shape index (κ2) is 9.42. The van der Waals surface area contributed by atoms with Crippen LogP contribution in [0.2, 0.25) is 5.02 Å². The van der Waals surface area contributed by atoms with Gasteiger partial charge in [0.2, 0.25) is 0 Å². The van der Waals surface area contributed by atoms with Crippen LogP contribution in [-0.2, 0) is 16.4 Å². The predicted octanol–water partition coefficient (Wildman–Crippen LogP) is 4.75. The molecule has 0 spiro atoms. The molecule has 1 aromatic heterocycles. The van der Waals surface area contributed by atoms with E-state index < -0.39 is 10.0 Å². The Bertz CT molecular complexity index is 1350. The van der Waals surface area contributed by atoms with Crippen molar-refractivity contribution in [3.05, 3.63) is 83.4 Å². The molecule has 4 aromatic rings. The minimum Gasteiger partial charge on any atom is -0.497 e. The van der Waals surface area contributed by atoms with E-state index in [2.05, 4.69) is 20.0 Å². The van der Waals surface area contributed by atoms with E-state index in [1.165, 1.54) is 12.1 Å². The molecule has 0 atom stereocenters. The summed E-state index contributed by atoms with van der Waals surface area (Å²) < 4.78 is 33.6. The summed E-state index contributed by atoms with van der Waals surface area (Å²) in [6.45, 7) is 0.533. The van der Waals surface area contributed by atoms with Crippen molar-refractivity contribution in [3.63, 3.8) is 0 Å². The van der Waals surface area contributed by atoms with Gasteiger partial charge in [0.15, 0.2) is 11.6 Å². The first kappa shape index (κ1) is 21.9. The average molecular weight is 469 g/mol. The number of fused-ring (bicyclic) bond motifs is 1. The lowest BCUT2D eigenvalue weighted by Crippen LogP contribution is -2.17. The van der Waals surface area contributed by atoms with Crippen LogP contribution in [0.15, 0.2) is 77.7 Å². The van der Waals surface area contributed by atoms with Crippen LogP contribution in [0.5, 0.6) is 5.75 Å². The molecule has 0 aliphatic carbocycles. The fourth-order valence-electron chi connectivity index (χ4n) is 3.13. The highest BCUT2D eigenvalue weighted by Gasteiger charge is 2.19. The molecule has 0 radical (unpaired) electrons. The summed E-state index contributed by atoms with van der Waals surface area (Å²) >= 11 is 5.97. The largest absolute Gasteiger partial charge is 0.497 e. The molecule has 7 nitrogen and oxygen atoms in total. The number of hydrogen-bond donors (Lipinski definition) is 2. The number of nitrogens with one attached hydrogen (secondary N) is 2. The SMILES string of the molecule is COc1ccc(CCNc2nc3ccccc3nc2NS(=O)(=O)c2cccc(Cl)c2)cc1. The summed E-state index contributed by atoms with van der Waals surface area (Å²) in [4.78, 5) is 9.12. The van der Waals surface area contributed by atoms with Crippen LogP contribution < -0.4 is 14.8 Å². The number of ether oxygens (including phenoxy) is 1. The third-order valence-corrected chi connectivity index (χ3v) is 6.34. The summed E-state index contributed by atoms with van der Waals surface area (Å²) in [5, 5.41) is 3.54. The topological polar surface area (TPSA) is 93.2 Å². The predicted molar refractivity (Wildman–Crippen MR) is 127 cm³/mol. The minimum atomic E-state index is -3.90. The summed E-state index contributed by atoms with van der Waals surface area (Å²) in [6, 6.07) is 21.1. The van der Waals surface area contributed by atoms with Gasteiger partial charge < -0.3 is 10.1 Å². The monoisotopic (exact) mass is 468 g/mol. The fraction of sp³-hybridized carbons (Fsp3) is 0.130. The molecule has 0 saturated heterocycles. The molecule has 32 heavy (non-hydrogen) atoms. The Kier molecular flexibility index (Phi) is 6.43. The van der Waals surface area contributed by atoms with Gasteiger partial charge in [-0.3, -0.25) is 4.72 Å². The third kappa shape index (κ3) is 5.09. The molecule has 0 aliphatic rings. The number of rotatable bonds is 8. The van der Waals surface area contributed by atoms with Gasteiger partial charge in [-0.25, -0.2) is 18.4 Å². The maximum Gasteiger partial charge on any atom is 0.263 e. The number of benzene rings is 3. The number of nitrogens with zero attached hydrogens (tertiary/aromatic N) is 2. The molecule has 2 N–H and O–H groups in total. The normalized spacial score (nSPS) is 11.3. The van der Waals surface area contributed by atoms with Crippen LogP contribution in [0.3, 0.4) is 0 Å². The number of methoxy groups -OCH3 is 1. The van der Waals surface area contributed by atoms with Gasteiger partial charge in [0.25, 0.3) is 10.0 Å². The molecule has 0 unspecified atom stereocenters. The zero-order chi connectivity index (χ0) is 22.6. The molecule has 1 heterocycles. The van der Waals surface area contributed by atoms with Crippen molar-refractivity contribution in [3.8, 4) is 5.75 Å². The quantitative estimate of drug-likeness (QED) is 0.387. The smallest absolute Gasteiger partial charge is 0.263 e.